The Kier molecular flexibility index (Phi) is 7.64. The Hall–Kier alpha value is -3.36. The topological polar surface area (TPSA) is 89.6 Å². The minimum absolute atomic E-state index is 0.0355. The van der Waals surface area contributed by atoms with Crippen LogP contribution in [0.25, 0.3) is 0 Å². The molecular formula is C22H23ClN4O4. The van der Waals surface area contributed by atoms with Gasteiger partial charge in [-0.2, -0.15) is 0 Å². The second-order valence-electron chi connectivity index (χ2n) is 6.87. The maximum atomic E-state index is 12.9. The number of nitrogens with one attached hydrogen (secondary N) is 1. The number of aromatic nitrogens is 1. The molecular weight excluding hydrogens is 420 g/mol. The van der Waals surface area contributed by atoms with Gasteiger partial charge in [0.25, 0.3) is 5.69 Å². The maximum Gasteiger partial charge on any atom is 0.322 e. The van der Waals surface area contributed by atoms with E-state index < -0.39 is 4.92 Å². The van der Waals surface area contributed by atoms with E-state index in [2.05, 4.69) is 5.32 Å². The van der Waals surface area contributed by atoms with E-state index in [-0.39, 0.29) is 11.7 Å². The third-order valence-electron chi connectivity index (χ3n) is 4.76. The smallest absolute Gasteiger partial charge is 0.322 e. The average Bonchev–Trinajstić information content (AvgIpc) is 3.19. The molecule has 0 aliphatic carbocycles. The summed E-state index contributed by atoms with van der Waals surface area (Å²) in [7, 11) is 1.58. The highest BCUT2D eigenvalue weighted by molar-refractivity contribution is 6.31. The van der Waals surface area contributed by atoms with Gasteiger partial charge < -0.3 is 19.5 Å². The zero-order valence-electron chi connectivity index (χ0n) is 17.0. The van der Waals surface area contributed by atoms with E-state index in [1.54, 1.807) is 12.0 Å². The summed E-state index contributed by atoms with van der Waals surface area (Å²) in [4.78, 5) is 24.8. The third-order valence-corrected chi connectivity index (χ3v) is 5.13. The van der Waals surface area contributed by atoms with Crippen LogP contribution in [0.5, 0.6) is 0 Å². The van der Waals surface area contributed by atoms with Gasteiger partial charge in [0.15, 0.2) is 0 Å². The largest absolute Gasteiger partial charge is 0.383 e. The number of urea groups is 1. The minimum Gasteiger partial charge on any atom is -0.383 e. The van der Waals surface area contributed by atoms with Gasteiger partial charge in [-0.05, 0) is 35.9 Å². The summed E-state index contributed by atoms with van der Waals surface area (Å²) in [5.74, 6) is 0. The van der Waals surface area contributed by atoms with Crippen molar-refractivity contribution in [3.63, 3.8) is 0 Å². The van der Waals surface area contributed by atoms with Gasteiger partial charge in [-0.3, -0.25) is 10.1 Å². The molecule has 0 unspecified atom stereocenters. The summed E-state index contributed by atoms with van der Waals surface area (Å²) in [5.41, 5.74) is 2.37. The van der Waals surface area contributed by atoms with Crippen molar-refractivity contribution in [1.82, 2.24) is 9.47 Å². The summed E-state index contributed by atoms with van der Waals surface area (Å²) in [6.07, 6.45) is 1.95. The van der Waals surface area contributed by atoms with Crippen LogP contribution in [0, 0.1) is 10.1 Å². The van der Waals surface area contributed by atoms with E-state index in [9.17, 15) is 14.9 Å². The number of rotatable bonds is 9. The minimum atomic E-state index is -0.482. The number of halogens is 1. The van der Waals surface area contributed by atoms with Crippen molar-refractivity contribution in [1.29, 1.82) is 0 Å². The quantitative estimate of drug-likeness (QED) is 0.381. The van der Waals surface area contributed by atoms with Gasteiger partial charge in [-0.1, -0.05) is 29.8 Å². The van der Waals surface area contributed by atoms with Crippen LogP contribution in [-0.4, -0.2) is 40.7 Å². The Bertz CT molecular complexity index is 1040. The van der Waals surface area contributed by atoms with Crippen molar-refractivity contribution >= 4 is 29.0 Å². The first-order valence-corrected chi connectivity index (χ1v) is 10.0. The fourth-order valence-corrected chi connectivity index (χ4v) is 3.27. The van der Waals surface area contributed by atoms with Gasteiger partial charge in [0.2, 0.25) is 0 Å². The van der Waals surface area contributed by atoms with E-state index in [0.29, 0.717) is 37.0 Å². The molecule has 0 radical (unpaired) electrons. The zero-order valence-corrected chi connectivity index (χ0v) is 17.8. The number of nitro benzene ring substituents is 1. The van der Waals surface area contributed by atoms with Crippen molar-refractivity contribution in [3.05, 3.63) is 93.3 Å². The average molecular weight is 443 g/mol. The highest BCUT2D eigenvalue weighted by atomic mass is 35.5. The predicted molar refractivity (Wildman–Crippen MR) is 119 cm³/mol. The molecule has 0 saturated heterocycles. The summed E-state index contributed by atoms with van der Waals surface area (Å²) >= 11 is 6.29. The first-order valence-electron chi connectivity index (χ1n) is 9.64. The Balaban J connectivity index is 1.72. The van der Waals surface area contributed by atoms with Gasteiger partial charge >= 0.3 is 6.03 Å². The van der Waals surface area contributed by atoms with Crippen LogP contribution < -0.4 is 5.32 Å². The van der Waals surface area contributed by atoms with E-state index >= 15 is 0 Å². The number of ether oxygens (including phenoxy) is 1. The lowest BCUT2D eigenvalue weighted by Crippen LogP contribution is -2.37. The number of hydrogen-bond donors (Lipinski definition) is 1. The second kappa shape index (κ2) is 10.6. The first kappa shape index (κ1) is 22.3. The van der Waals surface area contributed by atoms with Crippen LogP contribution in [0.1, 0.15) is 11.3 Å². The maximum absolute atomic E-state index is 12.9. The normalized spacial score (nSPS) is 10.6. The van der Waals surface area contributed by atoms with Crippen LogP contribution in [0.15, 0.2) is 66.9 Å². The van der Waals surface area contributed by atoms with Gasteiger partial charge in [0.05, 0.1) is 18.1 Å². The van der Waals surface area contributed by atoms with E-state index in [4.69, 9.17) is 16.3 Å². The molecule has 162 valence electrons. The molecule has 0 spiro atoms. The fourth-order valence-electron chi connectivity index (χ4n) is 3.08. The van der Waals surface area contributed by atoms with Crippen LogP contribution in [0.2, 0.25) is 5.02 Å². The number of anilines is 1. The number of nitrogens with zero attached hydrogens (tertiary/aromatic N) is 3. The Morgan fingerprint density at radius 3 is 2.58 bits per heavy atom. The number of benzene rings is 2. The van der Waals surface area contributed by atoms with Crippen LogP contribution in [0.3, 0.4) is 0 Å². The Morgan fingerprint density at radius 2 is 1.90 bits per heavy atom. The lowest BCUT2D eigenvalue weighted by atomic mass is 10.2. The Labute approximate surface area is 185 Å². The van der Waals surface area contributed by atoms with Crippen molar-refractivity contribution in [2.45, 2.75) is 13.1 Å². The molecule has 1 aromatic heterocycles. The molecule has 3 aromatic rings. The summed E-state index contributed by atoms with van der Waals surface area (Å²) in [5, 5.41) is 14.3. The van der Waals surface area contributed by atoms with Crippen molar-refractivity contribution in [2.75, 3.05) is 25.6 Å². The fraction of sp³-hybridized carbons (Fsp3) is 0.227. The third kappa shape index (κ3) is 6.07. The number of hydrogen-bond acceptors (Lipinski definition) is 4. The number of nitro groups is 1. The first-order chi connectivity index (χ1) is 15.0. The number of carbonyl (C=O) groups is 1. The molecule has 0 saturated carbocycles. The lowest BCUT2D eigenvalue weighted by molar-refractivity contribution is -0.384. The summed E-state index contributed by atoms with van der Waals surface area (Å²) in [6.45, 7) is 1.70. The lowest BCUT2D eigenvalue weighted by Gasteiger charge is -2.24. The highest BCUT2D eigenvalue weighted by Crippen LogP contribution is 2.19. The zero-order chi connectivity index (χ0) is 22.2. The summed E-state index contributed by atoms with van der Waals surface area (Å²) in [6, 6.07) is 16.9. The molecule has 1 heterocycles. The van der Waals surface area contributed by atoms with Crippen LogP contribution in [-0.2, 0) is 17.8 Å². The molecule has 9 heteroatoms. The number of methoxy groups -OCH3 is 1. The van der Waals surface area contributed by atoms with E-state index in [0.717, 1.165) is 11.3 Å². The number of non-ortho nitro benzene ring substituents is 1. The number of amides is 2. The monoisotopic (exact) mass is 442 g/mol. The second-order valence-corrected chi connectivity index (χ2v) is 7.27. The summed E-state index contributed by atoms with van der Waals surface area (Å²) < 4.78 is 7.20. The molecule has 0 bridgehead atoms. The van der Waals surface area contributed by atoms with Crippen molar-refractivity contribution < 1.29 is 14.5 Å². The molecule has 2 amide bonds. The Morgan fingerprint density at radius 1 is 1.16 bits per heavy atom. The molecule has 0 aliphatic heterocycles. The molecule has 0 fully saturated rings. The number of carbonyl (C=O) groups excluding carboxylic acids is 1. The van der Waals surface area contributed by atoms with Crippen molar-refractivity contribution in [2.24, 2.45) is 0 Å². The standard InChI is InChI=1S/C22H23ClN4O4/c1-31-14-13-26(22(28)24-18-8-10-19(11-9-18)27(29)30)16-20-6-4-12-25(20)15-17-5-2-3-7-21(17)23/h2-12H,13-16H2,1H3,(H,24,28). The van der Waals surface area contributed by atoms with Crippen LogP contribution >= 0.6 is 11.6 Å². The highest BCUT2D eigenvalue weighted by Gasteiger charge is 2.17. The molecule has 1 N–H and O–H groups in total. The van der Waals surface area contributed by atoms with Gasteiger partial charge in [-0.15, -0.1) is 0 Å². The molecule has 2 aromatic carbocycles. The van der Waals surface area contributed by atoms with E-state index in [1.165, 1.54) is 24.3 Å². The van der Waals surface area contributed by atoms with Gasteiger partial charge in [-0.25, -0.2) is 4.79 Å². The molecule has 0 atom stereocenters. The van der Waals surface area contributed by atoms with Crippen LogP contribution in [0.4, 0.5) is 16.2 Å². The molecule has 0 aliphatic rings. The van der Waals surface area contributed by atoms with Crippen molar-refractivity contribution in [3.8, 4) is 0 Å². The van der Waals surface area contributed by atoms with Gasteiger partial charge in [0.1, 0.15) is 0 Å². The predicted octanol–water partition coefficient (Wildman–Crippen LogP) is 4.78. The van der Waals surface area contributed by atoms with Gasteiger partial charge in [0, 0.05) is 54.9 Å². The molecule has 31 heavy (non-hydrogen) atoms. The molecule has 3 rings (SSSR count). The SMILES string of the molecule is COCCN(Cc1cccn1Cc1ccccc1Cl)C(=O)Nc1ccc([N+](=O)[O-])cc1. The molecule has 8 nitrogen and oxygen atoms in total. The van der Waals surface area contributed by atoms with E-state index in [1.807, 2.05) is 47.2 Å².